The number of hydrogen-bond acceptors (Lipinski definition) is 4. The molecule has 19 heavy (non-hydrogen) atoms. The summed E-state index contributed by atoms with van der Waals surface area (Å²) in [5.41, 5.74) is 1.83. The Morgan fingerprint density at radius 3 is 3.00 bits per heavy atom. The quantitative estimate of drug-likeness (QED) is 0.926. The third-order valence-electron chi connectivity index (χ3n) is 3.05. The Kier molecular flexibility index (Phi) is 3.20. The van der Waals surface area contributed by atoms with Crippen LogP contribution in [-0.4, -0.2) is 20.8 Å². The Balaban J connectivity index is 1.95. The van der Waals surface area contributed by atoms with Gasteiger partial charge in [-0.25, -0.2) is 9.67 Å². The normalized spacial score (nSPS) is 14.3. The number of benzene rings is 1. The lowest BCUT2D eigenvalue weighted by Crippen LogP contribution is -2.17. The highest BCUT2D eigenvalue weighted by Crippen LogP contribution is 2.25. The minimum Gasteiger partial charge on any atom is -0.310 e. The van der Waals surface area contributed by atoms with Crippen molar-refractivity contribution in [1.82, 2.24) is 20.1 Å². The van der Waals surface area contributed by atoms with Crippen LogP contribution in [0.4, 0.5) is 0 Å². The Bertz CT molecular complexity index is 639. The molecule has 0 unspecified atom stereocenters. The Labute approximate surface area is 115 Å². The lowest BCUT2D eigenvalue weighted by atomic mass is 10.1. The molecule has 1 aliphatic rings. The molecule has 0 bridgehead atoms. The highest BCUT2D eigenvalue weighted by Gasteiger charge is 2.21. The average Bonchev–Trinajstić information content (AvgIpc) is 3.13. The molecule has 0 atom stereocenters. The average molecular weight is 274 g/mol. The topological polar surface area (TPSA) is 66.5 Å². The molecule has 6 heteroatoms. The fraction of sp³-hybridized carbons (Fsp3) is 0.308. The van der Waals surface area contributed by atoms with Gasteiger partial charge < -0.3 is 5.32 Å². The van der Waals surface area contributed by atoms with E-state index in [0.717, 1.165) is 17.8 Å². The molecule has 3 rings (SSSR count). The predicted molar refractivity (Wildman–Crippen MR) is 70.9 cm³/mol. The maximum Gasteiger partial charge on any atom is 0.252 e. The monoisotopic (exact) mass is 273 g/mol. The van der Waals surface area contributed by atoms with Crippen LogP contribution in [0.1, 0.15) is 24.2 Å². The molecule has 1 fully saturated rings. The van der Waals surface area contributed by atoms with E-state index in [0.29, 0.717) is 11.1 Å². The third kappa shape index (κ3) is 2.60. The second-order valence-corrected chi connectivity index (χ2v) is 4.93. The molecule has 0 saturated heterocycles. The molecule has 1 saturated carbocycles. The van der Waals surface area contributed by atoms with Crippen LogP contribution in [0.2, 0.25) is 5.02 Å². The maximum atomic E-state index is 8.79. The van der Waals surface area contributed by atoms with Gasteiger partial charge in [-0.1, -0.05) is 23.7 Å². The lowest BCUT2D eigenvalue weighted by molar-refractivity contribution is 0.681. The Morgan fingerprint density at radius 1 is 1.47 bits per heavy atom. The van der Waals surface area contributed by atoms with Gasteiger partial charge in [0.25, 0.3) is 5.82 Å². The summed E-state index contributed by atoms with van der Waals surface area (Å²) < 4.78 is 1.56. The molecule has 0 spiro atoms. The van der Waals surface area contributed by atoms with E-state index in [1.807, 2.05) is 24.3 Å². The van der Waals surface area contributed by atoms with Crippen molar-refractivity contribution in [2.75, 3.05) is 0 Å². The zero-order chi connectivity index (χ0) is 13.2. The Hall–Kier alpha value is -1.90. The number of hydrogen-bond donors (Lipinski definition) is 1. The van der Waals surface area contributed by atoms with Crippen LogP contribution in [0, 0.1) is 11.3 Å². The molecular formula is C13H12ClN5. The smallest absolute Gasteiger partial charge is 0.252 e. The van der Waals surface area contributed by atoms with E-state index < -0.39 is 0 Å². The van der Waals surface area contributed by atoms with E-state index in [1.165, 1.54) is 19.2 Å². The van der Waals surface area contributed by atoms with Crippen molar-refractivity contribution in [1.29, 1.82) is 5.26 Å². The van der Waals surface area contributed by atoms with Crippen LogP contribution in [0.15, 0.2) is 24.5 Å². The molecular weight excluding hydrogens is 262 g/mol. The number of nitrogens with zero attached hydrogens (tertiary/aromatic N) is 4. The van der Waals surface area contributed by atoms with E-state index in [2.05, 4.69) is 15.4 Å². The van der Waals surface area contributed by atoms with Crippen molar-refractivity contribution in [3.8, 4) is 11.8 Å². The Morgan fingerprint density at radius 2 is 2.32 bits per heavy atom. The van der Waals surface area contributed by atoms with Gasteiger partial charge in [0.15, 0.2) is 0 Å². The second-order valence-electron chi connectivity index (χ2n) is 4.53. The van der Waals surface area contributed by atoms with Crippen LogP contribution in [-0.2, 0) is 6.54 Å². The molecule has 0 amide bonds. The van der Waals surface area contributed by atoms with Crippen molar-refractivity contribution in [3.05, 3.63) is 40.9 Å². The van der Waals surface area contributed by atoms with Crippen LogP contribution in [0.5, 0.6) is 0 Å². The summed E-state index contributed by atoms with van der Waals surface area (Å²) in [6, 6.07) is 8.27. The first-order valence-electron chi connectivity index (χ1n) is 6.11. The third-order valence-corrected chi connectivity index (χ3v) is 3.35. The summed E-state index contributed by atoms with van der Waals surface area (Å²) in [7, 11) is 0. The molecule has 0 aliphatic heterocycles. The summed E-state index contributed by atoms with van der Waals surface area (Å²) >= 11 is 6.25. The van der Waals surface area contributed by atoms with Crippen LogP contribution in [0.25, 0.3) is 5.69 Å². The first-order valence-corrected chi connectivity index (χ1v) is 6.48. The number of aromatic nitrogens is 3. The minimum absolute atomic E-state index is 0.140. The van der Waals surface area contributed by atoms with E-state index in [1.54, 1.807) is 4.68 Å². The fourth-order valence-electron chi connectivity index (χ4n) is 1.92. The van der Waals surface area contributed by atoms with Gasteiger partial charge in [-0.3, -0.25) is 0 Å². The molecule has 1 aromatic heterocycles. The zero-order valence-corrected chi connectivity index (χ0v) is 10.9. The summed E-state index contributed by atoms with van der Waals surface area (Å²) in [5.74, 6) is 0.140. The SMILES string of the molecule is N#Cc1ncn(-c2c(Cl)cccc2CNC2CC2)n1. The molecule has 1 N–H and O–H groups in total. The summed E-state index contributed by atoms with van der Waals surface area (Å²) in [6.45, 7) is 0.738. The van der Waals surface area contributed by atoms with Gasteiger partial charge in [0.05, 0.1) is 10.7 Å². The van der Waals surface area contributed by atoms with Crippen molar-refractivity contribution in [2.24, 2.45) is 0 Å². The van der Waals surface area contributed by atoms with E-state index in [-0.39, 0.29) is 5.82 Å². The van der Waals surface area contributed by atoms with Gasteiger partial charge >= 0.3 is 0 Å². The highest BCUT2D eigenvalue weighted by molar-refractivity contribution is 6.32. The van der Waals surface area contributed by atoms with E-state index in [4.69, 9.17) is 16.9 Å². The second kappa shape index (κ2) is 5.00. The minimum atomic E-state index is 0.140. The molecule has 0 radical (unpaired) electrons. The molecule has 5 nitrogen and oxygen atoms in total. The molecule has 1 aromatic carbocycles. The van der Waals surface area contributed by atoms with Crippen LogP contribution >= 0.6 is 11.6 Å². The van der Waals surface area contributed by atoms with Crippen molar-refractivity contribution >= 4 is 11.6 Å². The maximum absolute atomic E-state index is 8.79. The summed E-state index contributed by atoms with van der Waals surface area (Å²) in [6.07, 6.45) is 3.98. The van der Waals surface area contributed by atoms with Gasteiger partial charge in [-0.15, -0.1) is 5.10 Å². The van der Waals surface area contributed by atoms with E-state index >= 15 is 0 Å². The number of rotatable bonds is 4. The van der Waals surface area contributed by atoms with E-state index in [9.17, 15) is 0 Å². The molecule has 96 valence electrons. The van der Waals surface area contributed by atoms with Gasteiger partial charge in [-0.2, -0.15) is 5.26 Å². The van der Waals surface area contributed by atoms with Crippen molar-refractivity contribution in [3.63, 3.8) is 0 Å². The van der Waals surface area contributed by atoms with Gasteiger partial charge in [0.2, 0.25) is 0 Å². The van der Waals surface area contributed by atoms with Crippen LogP contribution in [0.3, 0.4) is 0 Å². The lowest BCUT2D eigenvalue weighted by Gasteiger charge is -2.11. The first-order chi connectivity index (χ1) is 9.28. The number of nitriles is 1. The highest BCUT2D eigenvalue weighted by atomic mass is 35.5. The number of para-hydroxylation sites is 1. The standard InChI is InChI=1S/C13H12ClN5/c14-11-3-1-2-9(7-16-10-4-5-10)13(11)19-8-17-12(6-15)18-19/h1-3,8,10,16H,4-5,7H2. The van der Waals surface area contributed by atoms with Crippen molar-refractivity contribution < 1.29 is 0 Å². The van der Waals surface area contributed by atoms with Gasteiger partial charge in [0.1, 0.15) is 12.4 Å². The predicted octanol–water partition coefficient (Wildman–Crippen LogP) is 2.04. The largest absolute Gasteiger partial charge is 0.310 e. The zero-order valence-electron chi connectivity index (χ0n) is 10.2. The first kappa shape index (κ1) is 12.2. The van der Waals surface area contributed by atoms with Crippen molar-refractivity contribution in [2.45, 2.75) is 25.4 Å². The molecule has 2 aromatic rings. The molecule has 1 heterocycles. The van der Waals surface area contributed by atoms with Gasteiger partial charge in [-0.05, 0) is 24.5 Å². The summed E-state index contributed by atoms with van der Waals surface area (Å²) in [5, 5.41) is 16.9. The summed E-state index contributed by atoms with van der Waals surface area (Å²) in [4.78, 5) is 3.91. The van der Waals surface area contributed by atoms with Crippen LogP contribution < -0.4 is 5.32 Å². The van der Waals surface area contributed by atoms with Gasteiger partial charge in [0, 0.05) is 12.6 Å². The number of halogens is 1. The molecule has 1 aliphatic carbocycles. The number of nitrogens with one attached hydrogen (secondary N) is 1. The fourth-order valence-corrected chi connectivity index (χ4v) is 2.20.